The van der Waals surface area contributed by atoms with E-state index in [0.29, 0.717) is 18.1 Å². The van der Waals surface area contributed by atoms with Crippen LogP contribution in [0.4, 0.5) is 13.2 Å². The Morgan fingerprint density at radius 2 is 2.08 bits per heavy atom. The highest BCUT2D eigenvalue weighted by atomic mass is 35.5. The molecule has 3 rings (SSSR count). The molecule has 0 saturated carbocycles. The number of alkyl halides is 3. The lowest BCUT2D eigenvalue weighted by atomic mass is 10.1. The predicted octanol–water partition coefficient (Wildman–Crippen LogP) is 3.72. The Bertz CT molecular complexity index is 688. The van der Waals surface area contributed by atoms with E-state index in [9.17, 15) is 13.2 Å². The summed E-state index contributed by atoms with van der Waals surface area (Å²) < 4.78 is 44.2. The predicted molar refractivity (Wildman–Crippen MR) is 85.6 cm³/mol. The monoisotopic (exact) mass is 359 g/mol. The molecule has 130 valence electrons. The van der Waals surface area contributed by atoms with Crippen molar-refractivity contribution in [2.75, 3.05) is 26.8 Å². The SMILES string of the molecule is CN1CCCN2CN=C(OCc3ccc(Cl)c(C(F)(F)F)c3)C=C12. The van der Waals surface area contributed by atoms with Crippen molar-refractivity contribution >= 4 is 17.5 Å². The molecule has 8 heteroatoms. The molecule has 1 aromatic carbocycles. The van der Waals surface area contributed by atoms with E-state index >= 15 is 0 Å². The molecule has 2 aliphatic rings. The summed E-state index contributed by atoms with van der Waals surface area (Å²) >= 11 is 5.62. The van der Waals surface area contributed by atoms with Crippen LogP contribution in [-0.4, -0.2) is 42.5 Å². The van der Waals surface area contributed by atoms with Crippen LogP contribution in [-0.2, 0) is 17.5 Å². The number of nitrogens with zero attached hydrogens (tertiary/aromatic N) is 3. The van der Waals surface area contributed by atoms with Gasteiger partial charge in [-0.05, 0) is 24.1 Å². The molecule has 0 spiro atoms. The molecule has 1 aromatic rings. The van der Waals surface area contributed by atoms with Gasteiger partial charge in [0.15, 0.2) is 0 Å². The summed E-state index contributed by atoms with van der Waals surface area (Å²) in [6.45, 7) is 2.41. The molecule has 0 aliphatic carbocycles. The maximum atomic E-state index is 12.9. The summed E-state index contributed by atoms with van der Waals surface area (Å²) in [5, 5.41) is -0.317. The van der Waals surface area contributed by atoms with Gasteiger partial charge in [0, 0.05) is 26.2 Å². The summed E-state index contributed by atoms with van der Waals surface area (Å²) in [5.74, 6) is 1.46. The number of benzene rings is 1. The zero-order valence-corrected chi connectivity index (χ0v) is 13.9. The third-order valence-corrected chi connectivity index (χ3v) is 4.34. The van der Waals surface area contributed by atoms with E-state index in [4.69, 9.17) is 16.3 Å². The molecule has 0 aromatic heterocycles. The first-order valence-electron chi connectivity index (χ1n) is 7.55. The van der Waals surface area contributed by atoms with Crippen molar-refractivity contribution in [1.29, 1.82) is 0 Å². The fourth-order valence-electron chi connectivity index (χ4n) is 2.75. The molecular weight excluding hydrogens is 343 g/mol. The van der Waals surface area contributed by atoms with Crippen molar-refractivity contribution in [3.05, 3.63) is 46.2 Å². The Kier molecular flexibility index (Phi) is 4.62. The van der Waals surface area contributed by atoms with Crippen molar-refractivity contribution in [2.24, 2.45) is 4.99 Å². The van der Waals surface area contributed by atoms with Crippen molar-refractivity contribution in [2.45, 2.75) is 19.2 Å². The molecular formula is C16H17ClF3N3O. The maximum Gasteiger partial charge on any atom is 0.417 e. The first-order valence-corrected chi connectivity index (χ1v) is 7.93. The molecule has 1 saturated heterocycles. The Labute approximate surface area is 143 Å². The summed E-state index contributed by atoms with van der Waals surface area (Å²) in [7, 11) is 2.00. The fourth-order valence-corrected chi connectivity index (χ4v) is 2.97. The number of fused-ring (bicyclic) bond motifs is 1. The lowest BCUT2D eigenvalue weighted by molar-refractivity contribution is -0.137. The van der Waals surface area contributed by atoms with Gasteiger partial charge in [-0.25, -0.2) is 4.99 Å². The van der Waals surface area contributed by atoms with Gasteiger partial charge < -0.3 is 14.5 Å². The molecule has 4 nitrogen and oxygen atoms in total. The molecule has 0 radical (unpaired) electrons. The van der Waals surface area contributed by atoms with Gasteiger partial charge in [-0.2, -0.15) is 13.2 Å². The molecule has 0 amide bonds. The number of hydrogen-bond acceptors (Lipinski definition) is 4. The molecule has 24 heavy (non-hydrogen) atoms. The standard InChI is InChI=1S/C16H17ClF3N3O/c1-22-5-2-6-23-10-21-14(8-15(22)23)24-9-11-3-4-13(17)12(7-11)16(18,19)20/h3-4,7-8H,2,5-6,9-10H2,1H3. The fraction of sp³-hybridized carbons (Fsp3) is 0.438. The second-order valence-electron chi connectivity index (χ2n) is 5.78. The molecule has 1 fully saturated rings. The van der Waals surface area contributed by atoms with Gasteiger partial charge in [0.2, 0.25) is 5.90 Å². The van der Waals surface area contributed by atoms with Crippen LogP contribution in [0.5, 0.6) is 0 Å². The number of hydrogen-bond donors (Lipinski definition) is 0. The van der Waals surface area contributed by atoms with E-state index in [1.165, 1.54) is 12.1 Å². The van der Waals surface area contributed by atoms with E-state index in [0.717, 1.165) is 31.4 Å². The van der Waals surface area contributed by atoms with Crippen LogP contribution < -0.4 is 0 Å². The topological polar surface area (TPSA) is 28.1 Å². The highest BCUT2D eigenvalue weighted by molar-refractivity contribution is 6.31. The van der Waals surface area contributed by atoms with Crippen LogP contribution in [0, 0.1) is 0 Å². The molecule has 2 heterocycles. The van der Waals surface area contributed by atoms with Gasteiger partial charge in [-0.1, -0.05) is 17.7 Å². The number of ether oxygens (including phenoxy) is 1. The van der Waals surface area contributed by atoms with E-state index < -0.39 is 11.7 Å². The van der Waals surface area contributed by atoms with Crippen LogP contribution in [0.1, 0.15) is 17.5 Å². The Morgan fingerprint density at radius 3 is 2.83 bits per heavy atom. The van der Waals surface area contributed by atoms with E-state index in [1.54, 1.807) is 0 Å². The van der Waals surface area contributed by atoms with Crippen molar-refractivity contribution < 1.29 is 17.9 Å². The van der Waals surface area contributed by atoms with Gasteiger partial charge in [-0.15, -0.1) is 0 Å². The van der Waals surface area contributed by atoms with E-state index in [2.05, 4.69) is 14.8 Å². The number of halogens is 4. The first-order chi connectivity index (χ1) is 11.3. The molecule has 0 atom stereocenters. The summed E-state index contributed by atoms with van der Waals surface area (Å²) in [6.07, 6.45) is -1.59. The first kappa shape index (κ1) is 17.0. The van der Waals surface area contributed by atoms with Gasteiger partial charge >= 0.3 is 6.18 Å². The summed E-state index contributed by atoms with van der Waals surface area (Å²) in [5.41, 5.74) is -0.459. The Hall–Kier alpha value is -1.89. The van der Waals surface area contributed by atoms with Gasteiger partial charge in [0.05, 0.1) is 10.6 Å². The van der Waals surface area contributed by atoms with Crippen LogP contribution in [0.25, 0.3) is 0 Å². The quantitative estimate of drug-likeness (QED) is 0.805. The largest absolute Gasteiger partial charge is 0.473 e. The normalized spacial score (nSPS) is 18.0. The Balaban J connectivity index is 1.69. The zero-order valence-electron chi connectivity index (χ0n) is 13.1. The van der Waals surface area contributed by atoms with Crippen molar-refractivity contribution in [1.82, 2.24) is 9.80 Å². The van der Waals surface area contributed by atoms with E-state index in [-0.39, 0.29) is 11.6 Å². The lowest BCUT2D eigenvalue weighted by Crippen LogP contribution is -2.42. The highest BCUT2D eigenvalue weighted by Crippen LogP contribution is 2.35. The van der Waals surface area contributed by atoms with Crippen LogP contribution in [0.2, 0.25) is 5.02 Å². The van der Waals surface area contributed by atoms with Crippen LogP contribution in [0.3, 0.4) is 0 Å². The third kappa shape index (κ3) is 3.61. The average Bonchev–Trinajstić information content (AvgIpc) is 2.53. The van der Waals surface area contributed by atoms with Gasteiger partial charge in [0.1, 0.15) is 19.1 Å². The second-order valence-corrected chi connectivity index (χ2v) is 6.19. The Morgan fingerprint density at radius 1 is 1.29 bits per heavy atom. The molecule has 0 bridgehead atoms. The summed E-state index contributed by atoms with van der Waals surface area (Å²) in [4.78, 5) is 8.58. The minimum atomic E-state index is -4.48. The smallest absolute Gasteiger partial charge is 0.417 e. The van der Waals surface area contributed by atoms with Gasteiger partial charge in [0.25, 0.3) is 0 Å². The maximum absolute atomic E-state index is 12.9. The summed E-state index contributed by atoms with van der Waals surface area (Å²) in [6, 6.07) is 3.77. The zero-order chi connectivity index (χ0) is 17.3. The number of rotatable bonds is 2. The molecule has 0 unspecified atom stereocenters. The highest BCUT2D eigenvalue weighted by Gasteiger charge is 2.33. The molecule has 2 aliphatic heterocycles. The van der Waals surface area contributed by atoms with Crippen molar-refractivity contribution in [3.63, 3.8) is 0 Å². The minimum absolute atomic E-state index is 0.00652. The van der Waals surface area contributed by atoms with Crippen molar-refractivity contribution in [3.8, 4) is 0 Å². The minimum Gasteiger partial charge on any atom is -0.473 e. The average molecular weight is 360 g/mol. The van der Waals surface area contributed by atoms with Crippen LogP contribution in [0.15, 0.2) is 35.1 Å². The second kappa shape index (κ2) is 6.55. The van der Waals surface area contributed by atoms with E-state index in [1.807, 2.05) is 13.1 Å². The van der Waals surface area contributed by atoms with Crippen LogP contribution >= 0.6 is 11.6 Å². The molecule has 0 N–H and O–H groups in total. The third-order valence-electron chi connectivity index (χ3n) is 4.01. The lowest BCUT2D eigenvalue weighted by Gasteiger charge is -2.39. The van der Waals surface area contributed by atoms with Gasteiger partial charge in [-0.3, -0.25) is 0 Å². The number of aliphatic imine (C=N–C) groups is 1.